The van der Waals surface area contributed by atoms with Crippen LogP contribution in [0.2, 0.25) is 0 Å². The minimum atomic E-state index is 0.854. The van der Waals surface area contributed by atoms with Crippen LogP contribution < -0.4 is 5.32 Å². The lowest BCUT2D eigenvalue weighted by Gasteiger charge is -2.04. The number of nitrogens with zero attached hydrogens (tertiary/aromatic N) is 1. The SMILES string of the molecule is c1nc(CNCc2ccc(C3CC3)cc2)cs1. The minimum Gasteiger partial charge on any atom is -0.307 e. The van der Waals surface area contributed by atoms with Crippen molar-refractivity contribution in [3.8, 4) is 0 Å². The van der Waals surface area contributed by atoms with E-state index in [-0.39, 0.29) is 0 Å². The van der Waals surface area contributed by atoms with Crippen molar-refractivity contribution < 1.29 is 0 Å². The molecule has 1 heterocycles. The summed E-state index contributed by atoms with van der Waals surface area (Å²) in [4.78, 5) is 4.25. The van der Waals surface area contributed by atoms with Gasteiger partial charge in [-0.3, -0.25) is 0 Å². The zero-order valence-electron chi connectivity index (χ0n) is 9.73. The van der Waals surface area contributed by atoms with Crippen molar-refractivity contribution in [2.24, 2.45) is 0 Å². The van der Waals surface area contributed by atoms with Crippen molar-refractivity contribution in [1.29, 1.82) is 0 Å². The van der Waals surface area contributed by atoms with Crippen LogP contribution in [-0.2, 0) is 13.1 Å². The molecule has 17 heavy (non-hydrogen) atoms. The van der Waals surface area contributed by atoms with Crippen LogP contribution in [0.15, 0.2) is 35.2 Å². The van der Waals surface area contributed by atoms with E-state index in [2.05, 4.69) is 39.9 Å². The Kier molecular flexibility index (Phi) is 3.20. The van der Waals surface area contributed by atoms with Gasteiger partial charge in [0.1, 0.15) is 0 Å². The van der Waals surface area contributed by atoms with E-state index in [4.69, 9.17) is 0 Å². The third-order valence-electron chi connectivity index (χ3n) is 3.15. The maximum atomic E-state index is 4.25. The highest BCUT2D eigenvalue weighted by atomic mass is 32.1. The summed E-state index contributed by atoms with van der Waals surface area (Å²) >= 11 is 1.65. The molecule has 1 aliphatic rings. The topological polar surface area (TPSA) is 24.9 Å². The predicted octanol–water partition coefficient (Wildman–Crippen LogP) is 3.31. The molecule has 1 fully saturated rings. The standard InChI is InChI=1S/C14H16N2S/c1-3-12(13-5-6-13)4-2-11(1)7-15-8-14-9-17-10-16-14/h1-4,9-10,13,15H,5-8H2. The highest BCUT2D eigenvalue weighted by molar-refractivity contribution is 7.07. The first kappa shape index (κ1) is 10.9. The second-order valence-electron chi connectivity index (χ2n) is 4.60. The molecule has 2 nitrogen and oxygen atoms in total. The molecule has 88 valence electrons. The van der Waals surface area contributed by atoms with E-state index in [9.17, 15) is 0 Å². The van der Waals surface area contributed by atoms with Gasteiger partial charge in [-0.2, -0.15) is 0 Å². The lowest BCUT2D eigenvalue weighted by atomic mass is 10.1. The van der Waals surface area contributed by atoms with Crippen LogP contribution in [0.3, 0.4) is 0 Å². The molecule has 0 radical (unpaired) electrons. The fraction of sp³-hybridized carbons (Fsp3) is 0.357. The molecule has 0 bridgehead atoms. The molecule has 3 rings (SSSR count). The first-order valence-corrected chi connectivity index (χ1v) is 7.03. The zero-order valence-corrected chi connectivity index (χ0v) is 10.5. The number of benzene rings is 1. The third-order valence-corrected chi connectivity index (χ3v) is 3.78. The molecule has 1 saturated carbocycles. The van der Waals surface area contributed by atoms with Crippen LogP contribution in [0.4, 0.5) is 0 Å². The summed E-state index contributed by atoms with van der Waals surface area (Å²) in [6, 6.07) is 9.03. The monoisotopic (exact) mass is 244 g/mol. The molecule has 0 atom stereocenters. The van der Waals surface area contributed by atoms with Crippen molar-refractivity contribution in [1.82, 2.24) is 10.3 Å². The maximum Gasteiger partial charge on any atom is 0.0795 e. The Balaban J connectivity index is 1.51. The number of thiazole rings is 1. The Morgan fingerprint density at radius 2 is 2.00 bits per heavy atom. The average Bonchev–Trinajstić information content (AvgIpc) is 3.08. The van der Waals surface area contributed by atoms with Crippen LogP contribution in [0.1, 0.15) is 35.6 Å². The van der Waals surface area contributed by atoms with Gasteiger partial charge in [0.05, 0.1) is 11.2 Å². The Morgan fingerprint density at radius 1 is 1.18 bits per heavy atom. The van der Waals surface area contributed by atoms with Crippen LogP contribution in [0, 0.1) is 0 Å². The molecular weight excluding hydrogens is 228 g/mol. The van der Waals surface area contributed by atoms with Gasteiger partial charge in [0.15, 0.2) is 0 Å². The number of rotatable bonds is 5. The molecule has 0 unspecified atom stereocenters. The van der Waals surface area contributed by atoms with E-state index in [1.54, 1.807) is 11.3 Å². The van der Waals surface area contributed by atoms with E-state index in [1.807, 2.05) is 5.51 Å². The summed E-state index contributed by atoms with van der Waals surface area (Å²) < 4.78 is 0. The van der Waals surface area contributed by atoms with Gasteiger partial charge in [-0.25, -0.2) is 4.98 Å². The number of aromatic nitrogens is 1. The Morgan fingerprint density at radius 3 is 2.65 bits per heavy atom. The van der Waals surface area contributed by atoms with Crippen molar-refractivity contribution >= 4 is 11.3 Å². The lowest BCUT2D eigenvalue weighted by Crippen LogP contribution is -2.12. The van der Waals surface area contributed by atoms with E-state index in [1.165, 1.54) is 24.0 Å². The molecule has 1 N–H and O–H groups in total. The number of nitrogens with one attached hydrogen (secondary N) is 1. The molecular formula is C14H16N2S. The Bertz CT molecular complexity index is 457. The van der Waals surface area contributed by atoms with Crippen molar-refractivity contribution in [2.75, 3.05) is 0 Å². The zero-order chi connectivity index (χ0) is 11.5. The van der Waals surface area contributed by atoms with E-state index in [0.717, 1.165) is 24.7 Å². The molecule has 3 heteroatoms. The van der Waals surface area contributed by atoms with Gasteiger partial charge in [-0.15, -0.1) is 11.3 Å². The highest BCUT2D eigenvalue weighted by Crippen LogP contribution is 2.39. The van der Waals surface area contributed by atoms with Crippen LogP contribution in [0.5, 0.6) is 0 Å². The smallest absolute Gasteiger partial charge is 0.0795 e. The second-order valence-corrected chi connectivity index (χ2v) is 5.32. The number of hydrogen-bond acceptors (Lipinski definition) is 3. The minimum absolute atomic E-state index is 0.854. The summed E-state index contributed by atoms with van der Waals surface area (Å²) in [5.74, 6) is 0.854. The summed E-state index contributed by atoms with van der Waals surface area (Å²) in [6.45, 7) is 1.77. The summed E-state index contributed by atoms with van der Waals surface area (Å²) in [7, 11) is 0. The van der Waals surface area contributed by atoms with Crippen molar-refractivity contribution in [3.63, 3.8) is 0 Å². The normalized spacial score (nSPS) is 15.1. The van der Waals surface area contributed by atoms with Gasteiger partial charge in [0, 0.05) is 18.5 Å². The third kappa shape index (κ3) is 2.93. The van der Waals surface area contributed by atoms with Crippen LogP contribution in [-0.4, -0.2) is 4.98 Å². The Hall–Kier alpha value is -1.19. The summed E-state index contributed by atoms with van der Waals surface area (Å²) in [5, 5.41) is 5.50. The maximum absolute atomic E-state index is 4.25. The molecule has 0 aliphatic heterocycles. The van der Waals surface area contributed by atoms with Crippen molar-refractivity contribution in [2.45, 2.75) is 31.8 Å². The van der Waals surface area contributed by atoms with Gasteiger partial charge in [0.25, 0.3) is 0 Å². The molecule has 0 spiro atoms. The molecule has 0 amide bonds. The molecule has 1 aromatic heterocycles. The second kappa shape index (κ2) is 4.98. The largest absolute Gasteiger partial charge is 0.307 e. The van der Waals surface area contributed by atoms with Gasteiger partial charge in [-0.1, -0.05) is 24.3 Å². The fourth-order valence-corrected chi connectivity index (χ4v) is 2.54. The summed E-state index contributed by atoms with van der Waals surface area (Å²) in [5.41, 5.74) is 5.86. The van der Waals surface area contributed by atoms with E-state index in [0.29, 0.717) is 0 Å². The predicted molar refractivity (Wildman–Crippen MR) is 71.1 cm³/mol. The average molecular weight is 244 g/mol. The van der Waals surface area contributed by atoms with E-state index >= 15 is 0 Å². The molecule has 0 saturated heterocycles. The first-order chi connectivity index (χ1) is 8.42. The van der Waals surface area contributed by atoms with E-state index < -0.39 is 0 Å². The molecule has 1 aromatic carbocycles. The Labute approximate surface area is 106 Å². The molecule has 2 aromatic rings. The lowest BCUT2D eigenvalue weighted by molar-refractivity contribution is 0.682. The number of hydrogen-bond donors (Lipinski definition) is 1. The molecule has 1 aliphatic carbocycles. The summed E-state index contributed by atoms with van der Waals surface area (Å²) in [6.07, 6.45) is 2.75. The van der Waals surface area contributed by atoms with Crippen LogP contribution in [0.25, 0.3) is 0 Å². The quantitative estimate of drug-likeness (QED) is 0.873. The van der Waals surface area contributed by atoms with Crippen molar-refractivity contribution in [3.05, 3.63) is 52.0 Å². The van der Waals surface area contributed by atoms with Gasteiger partial charge in [-0.05, 0) is 29.9 Å². The highest BCUT2D eigenvalue weighted by Gasteiger charge is 2.22. The first-order valence-electron chi connectivity index (χ1n) is 6.08. The van der Waals surface area contributed by atoms with Gasteiger partial charge >= 0.3 is 0 Å². The van der Waals surface area contributed by atoms with Crippen LogP contribution >= 0.6 is 11.3 Å². The van der Waals surface area contributed by atoms with Gasteiger partial charge in [0.2, 0.25) is 0 Å². The fourth-order valence-electron chi connectivity index (χ4n) is 1.98. The van der Waals surface area contributed by atoms with Gasteiger partial charge < -0.3 is 5.32 Å².